The Kier molecular flexibility index (Phi) is 6.43. The van der Waals surface area contributed by atoms with E-state index in [1.54, 1.807) is 11.3 Å². The maximum atomic E-state index is 12.8. The Morgan fingerprint density at radius 2 is 1.95 bits per heavy atom. The van der Waals surface area contributed by atoms with Crippen molar-refractivity contribution in [1.29, 1.82) is 0 Å². The average molecular weight is 323 g/mol. The molecule has 4 nitrogen and oxygen atoms in total. The van der Waals surface area contributed by atoms with Crippen LogP contribution in [0.3, 0.4) is 0 Å². The smallest absolute Gasteiger partial charge is 0.303 e. The van der Waals surface area contributed by atoms with E-state index in [2.05, 4.69) is 11.4 Å². The van der Waals surface area contributed by atoms with Crippen LogP contribution in [0, 0.1) is 0 Å². The van der Waals surface area contributed by atoms with Crippen LogP contribution in [0.25, 0.3) is 0 Å². The van der Waals surface area contributed by atoms with Crippen LogP contribution >= 0.6 is 11.3 Å². The van der Waals surface area contributed by atoms with E-state index >= 15 is 0 Å². The van der Waals surface area contributed by atoms with Crippen molar-refractivity contribution in [3.63, 3.8) is 0 Å². The van der Waals surface area contributed by atoms with Crippen LogP contribution in [0.4, 0.5) is 0 Å². The van der Waals surface area contributed by atoms with E-state index < -0.39 is 5.97 Å². The molecule has 0 saturated heterocycles. The molecule has 2 N–H and O–H groups in total. The van der Waals surface area contributed by atoms with Gasteiger partial charge in [-0.1, -0.05) is 31.7 Å². The van der Waals surface area contributed by atoms with E-state index in [9.17, 15) is 9.59 Å². The topological polar surface area (TPSA) is 66.4 Å². The highest BCUT2D eigenvalue weighted by atomic mass is 32.1. The zero-order valence-corrected chi connectivity index (χ0v) is 13.8. The average Bonchev–Trinajstić information content (AvgIpc) is 3.05. The summed E-state index contributed by atoms with van der Waals surface area (Å²) in [5, 5.41) is 13.7. The van der Waals surface area contributed by atoms with Crippen molar-refractivity contribution in [3.8, 4) is 0 Å². The van der Waals surface area contributed by atoms with Crippen molar-refractivity contribution in [2.75, 3.05) is 6.54 Å². The van der Waals surface area contributed by atoms with Crippen molar-refractivity contribution >= 4 is 23.2 Å². The second kappa shape index (κ2) is 8.32. The molecule has 0 aromatic carbocycles. The molecule has 0 atom stereocenters. The predicted octanol–water partition coefficient (Wildman–Crippen LogP) is 3.71. The van der Waals surface area contributed by atoms with Gasteiger partial charge in [-0.05, 0) is 37.1 Å². The van der Waals surface area contributed by atoms with Gasteiger partial charge in [0.25, 0.3) is 0 Å². The molecule has 0 radical (unpaired) electrons. The molecule has 1 aromatic heterocycles. The first-order valence-corrected chi connectivity index (χ1v) is 9.07. The molecule has 1 heterocycles. The molecule has 22 heavy (non-hydrogen) atoms. The van der Waals surface area contributed by atoms with E-state index in [0.29, 0.717) is 13.0 Å². The highest BCUT2D eigenvalue weighted by Crippen LogP contribution is 2.41. The lowest BCUT2D eigenvalue weighted by atomic mass is 9.72. The van der Waals surface area contributed by atoms with Gasteiger partial charge in [-0.3, -0.25) is 9.59 Å². The number of carboxylic acids is 1. The number of carboxylic acid groups (broad SMARTS) is 1. The largest absolute Gasteiger partial charge is 0.481 e. The van der Waals surface area contributed by atoms with Gasteiger partial charge in [0, 0.05) is 17.8 Å². The zero-order valence-electron chi connectivity index (χ0n) is 13.0. The highest BCUT2D eigenvalue weighted by molar-refractivity contribution is 7.10. The molecule has 0 aliphatic heterocycles. The van der Waals surface area contributed by atoms with Gasteiger partial charge >= 0.3 is 5.97 Å². The van der Waals surface area contributed by atoms with Crippen LogP contribution in [-0.4, -0.2) is 23.5 Å². The zero-order chi connectivity index (χ0) is 15.8. The second-order valence-corrected chi connectivity index (χ2v) is 7.03. The third-order valence-electron chi connectivity index (χ3n) is 4.49. The summed E-state index contributed by atoms with van der Waals surface area (Å²) in [7, 11) is 0. The number of amides is 1. The van der Waals surface area contributed by atoms with Crippen molar-refractivity contribution in [2.45, 2.75) is 63.2 Å². The first kappa shape index (κ1) is 17.0. The molecule has 0 spiro atoms. The maximum absolute atomic E-state index is 12.8. The fourth-order valence-electron chi connectivity index (χ4n) is 3.24. The van der Waals surface area contributed by atoms with Crippen LogP contribution in [-0.2, 0) is 15.0 Å². The van der Waals surface area contributed by atoms with E-state index in [0.717, 1.165) is 38.5 Å². The second-order valence-electron chi connectivity index (χ2n) is 6.08. The monoisotopic (exact) mass is 323 g/mol. The molecule has 0 unspecified atom stereocenters. The third-order valence-corrected chi connectivity index (χ3v) is 5.56. The number of unbranched alkanes of at least 4 members (excludes halogenated alkanes) is 2. The minimum absolute atomic E-state index is 0.160. The summed E-state index contributed by atoms with van der Waals surface area (Å²) in [6.45, 7) is 0.644. The Morgan fingerprint density at radius 1 is 1.18 bits per heavy atom. The van der Waals surface area contributed by atoms with Crippen LogP contribution in [0.1, 0.15) is 62.7 Å². The molecule has 1 aliphatic rings. The summed E-state index contributed by atoms with van der Waals surface area (Å²) >= 11 is 1.68. The molecule has 1 aliphatic carbocycles. The molecule has 122 valence electrons. The Hall–Kier alpha value is -1.36. The first-order chi connectivity index (χ1) is 10.6. The molecular weight excluding hydrogens is 298 g/mol. The lowest BCUT2D eigenvalue weighted by Gasteiger charge is -2.35. The molecule has 1 fully saturated rings. The highest BCUT2D eigenvalue weighted by Gasteiger charge is 2.41. The molecular formula is C17H25NO3S. The summed E-state index contributed by atoms with van der Waals surface area (Å²) in [6.07, 6.45) is 7.92. The number of carbonyl (C=O) groups is 2. The van der Waals surface area contributed by atoms with Gasteiger partial charge in [0.15, 0.2) is 0 Å². The summed E-state index contributed by atoms with van der Waals surface area (Å²) < 4.78 is 0. The number of rotatable bonds is 8. The fourth-order valence-corrected chi connectivity index (χ4v) is 4.22. The van der Waals surface area contributed by atoms with E-state index in [1.807, 2.05) is 11.4 Å². The van der Waals surface area contributed by atoms with Gasteiger partial charge < -0.3 is 10.4 Å². The van der Waals surface area contributed by atoms with Gasteiger partial charge in [-0.25, -0.2) is 0 Å². The standard InChI is InChI=1S/C17H25NO3S/c19-15(20)9-3-1-6-12-18-16(21)17(10-4-2-5-11-17)14-8-7-13-22-14/h7-8,13H,1-6,9-12H2,(H,18,21)(H,19,20). The fraction of sp³-hybridized carbons (Fsp3) is 0.647. The normalized spacial score (nSPS) is 17.1. The molecule has 0 bridgehead atoms. The van der Waals surface area contributed by atoms with Crippen molar-refractivity contribution < 1.29 is 14.7 Å². The summed E-state index contributed by atoms with van der Waals surface area (Å²) in [5.74, 6) is -0.587. The molecule has 1 saturated carbocycles. The molecule has 2 rings (SSSR count). The Morgan fingerprint density at radius 3 is 2.59 bits per heavy atom. The molecule has 5 heteroatoms. The van der Waals surface area contributed by atoms with Crippen LogP contribution in [0.2, 0.25) is 0 Å². The number of aliphatic carboxylic acids is 1. The number of hydrogen-bond acceptors (Lipinski definition) is 3. The van der Waals surface area contributed by atoms with Crippen molar-refractivity contribution in [3.05, 3.63) is 22.4 Å². The van der Waals surface area contributed by atoms with E-state index in [4.69, 9.17) is 5.11 Å². The van der Waals surface area contributed by atoms with E-state index in [-0.39, 0.29) is 17.7 Å². The summed E-state index contributed by atoms with van der Waals surface area (Å²) in [6, 6.07) is 4.11. The van der Waals surface area contributed by atoms with Crippen molar-refractivity contribution in [2.24, 2.45) is 0 Å². The van der Waals surface area contributed by atoms with Crippen LogP contribution < -0.4 is 5.32 Å². The van der Waals surface area contributed by atoms with Crippen LogP contribution in [0.5, 0.6) is 0 Å². The van der Waals surface area contributed by atoms with Gasteiger partial charge in [0.05, 0.1) is 5.41 Å². The van der Waals surface area contributed by atoms with Gasteiger partial charge in [-0.2, -0.15) is 0 Å². The van der Waals surface area contributed by atoms with E-state index in [1.165, 1.54) is 11.3 Å². The number of nitrogens with one attached hydrogen (secondary N) is 1. The minimum Gasteiger partial charge on any atom is -0.481 e. The summed E-state index contributed by atoms with van der Waals surface area (Å²) in [4.78, 5) is 24.4. The van der Waals surface area contributed by atoms with Gasteiger partial charge in [0.1, 0.15) is 0 Å². The number of carbonyl (C=O) groups excluding carboxylic acids is 1. The first-order valence-electron chi connectivity index (χ1n) is 8.19. The number of hydrogen-bond donors (Lipinski definition) is 2. The quantitative estimate of drug-likeness (QED) is 0.717. The van der Waals surface area contributed by atoms with Crippen LogP contribution in [0.15, 0.2) is 17.5 Å². The maximum Gasteiger partial charge on any atom is 0.303 e. The number of thiophene rings is 1. The minimum atomic E-state index is -0.747. The third kappa shape index (κ3) is 4.32. The lowest BCUT2D eigenvalue weighted by molar-refractivity contribution is -0.137. The Bertz CT molecular complexity index is 478. The molecule has 1 amide bonds. The Balaban J connectivity index is 1.84. The molecule has 1 aromatic rings. The lowest BCUT2D eigenvalue weighted by Crippen LogP contribution is -2.45. The Labute approximate surface area is 135 Å². The van der Waals surface area contributed by atoms with Gasteiger partial charge in [0.2, 0.25) is 5.91 Å². The predicted molar refractivity (Wildman–Crippen MR) is 88.2 cm³/mol. The summed E-state index contributed by atoms with van der Waals surface area (Å²) in [5.41, 5.74) is -0.326. The van der Waals surface area contributed by atoms with Crippen molar-refractivity contribution in [1.82, 2.24) is 5.32 Å². The van der Waals surface area contributed by atoms with Gasteiger partial charge in [-0.15, -0.1) is 11.3 Å². The SMILES string of the molecule is O=C(O)CCCCCNC(=O)C1(c2cccs2)CCCCC1.